The normalized spacial score (nSPS) is 17.2. The molecule has 1 atom stereocenters. The Bertz CT molecular complexity index is 579. The highest BCUT2D eigenvalue weighted by atomic mass is 127. The predicted octanol–water partition coefficient (Wildman–Crippen LogP) is 1.45. The number of ether oxygens (including phenoxy) is 2. The van der Waals surface area contributed by atoms with Crippen molar-refractivity contribution in [2.45, 2.75) is 19.9 Å². The molecule has 0 bridgehead atoms. The van der Waals surface area contributed by atoms with Gasteiger partial charge in [0.15, 0.2) is 11.7 Å². The number of nitrogens with zero attached hydrogens (tertiary/aromatic N) is 2. The molecule has 1 aromatic heterocycles. The summed E-state index contributed by atoms with van der Waals surface area (Å²) < 4.78 is 16.0. The molecule has 1 unspecified atom stereocenters. The van der Waals surface area contributed by atoms with Crippen molar-refractivity contribution in [1.82, 2.24) is 10.2 Å². The van der Waals surface area contributed by atoms with E-state index in [1.807, 2.05) is 6.92 Å². The molecule has 0 spiro atoms. The van der Waals surface area contributed by atoms with E-state index in [0.29, 0.717) is 31.4 Å². The number of likely N-dealkylation sites (tertiary alicyclic amines) is 1. The summed E-state index contributed by atoms with van der Waals surface area (Å²) in [4.78, 5) is 17.9. The van der Waals surface area contributed by atoms with Gasteiger partial charge in [0, 0.05) is 32.7 Å². The van der Waals surface area contributed by atoms with Crippen molar-refractivity contribution < 1.29 is 18.7 Å². The Morgan fingerprint density at radius 2 is 2.27 bits per heavy atom. The standard InChI is InChI=1S/C17H28N4O4.HI/c1-3-19-17(20-10-14-4-5-15(25-14)16(18)22)21-7-6-13(11-21)12-24-9-8-23-2;/h4-5,13H,3,6-12H2,1-2H3,(H2,18,22)(H,19,20);1H. The van der Waals surface area contributed by atoms with Gasteiger partial charge in [0.1, 0.15) is 12.3 Å². The highest BCUT2D eigenvalue weighted by Gasteiger charge is 2.25. The lowest BCUT2D eigenvalue weighted by Gasteiger charge is -2.21. The number of amides is 1. The molecule has 1 aromatic rings. The first kappa shape index (κ1) is 22.7. The topological polar surface area (TPSA) is 102 Å². The van der Waals surface area contributed by atoms with Crippen LogP contribution in [0.4, 0.5) is 0 Å². The molecule has 3 N–H and O–H groups in total. The van der Waals surface area contributed by atoms with Gasteiger partial charge in [-0.15, -0.1) is 24.0 Å². The summed E-state index contributed by atoms with van der Waals surface area (Å²) >= 11 is 0. The number of rotatable bonds is 9. The monoisotopic (exact) mass is 480 g/mol. The lowest BCUT2D eigenvalue weighted by atomic mass is 10.1. The average Bonchev–Trinajstić information content (AvgIpc) is 3.25. The Labute approximate surface area is 171 Å². The van der Waals surface area contributed by atoms with Crippen LogP contribution in [-0.4, -0.2) is 63.3 Å². The van der Waals surface area contributed by atoms with E-state index in [0.717, 1.165) is 38.6 Å². The number of hydrogen-bond donors (Lipinski definition) is 2. The lowest BCUT2D eigenvalue weighted by molar-refractivity contribution is 0.0536. The first-order valence-electron chi connectivity index (χ1n) is 8.62. The van der Waals surface area contributed by atoms with Crippen molar-refractivity contribution in [2.24, 2.45) is 16.6 Å². The maximum Gasteiger partial charge on any atom is 0.284 e. The van der Waals surface area contributed by atoms with Crippen LogP contribution in [0.25, 0.3) is 0 Å². The Hall–Kier alpha value is -1.33. The molecule has 1 amide bonds. The molecule has 0 aliphatic carbocycles. The zero-order valence-corrected chi connectivity index (χ0v) is 17.7. The van der Waals surface area contributed by atoms with E-state index in [9.17, 15) is 4.79 Å². The number of carbonyl (C=O) groups excluding carboxylic acids is 1. The molecule has 0 saturated carbocycles. The van der Waals surface area contributed by atoms with Crippen LogP contribution < -0.4 is 11.1 Å². The van der Waals surface area contributed by atoms with Crippen molar-refractivity contribution in [2.75, 3.05) is 46.6 Å². The van der Waals surface area contributed by atoms with Crippen LogP contribution in [0.3, 0.4) is 0 Å². The van der Waals surface area contributed by atoms with E-state index in [4.69, 9.17) is 19.6 Å². The number of methoxy groups -OCH3 is 1. The molecule has 1 aliphatic rings. The third-order valence-electron chi connectivity index (χ3n) is 3.99. The zero-order valence-electron chi connectivity index (χ0n) is 15.4. The molecular weight excluding hydrogens is 451 g/mol. The number of primary amides is 1. The summed E-state index contributed by atoms with van der Waals surface area (Å²) in [6.45, 7) is 7.02. The summed E-state index contributed by atoms with van der Waals surface area (Å²) in [6.07, 6.45) is 1.07. The van der Waals surface area contributed by atoms with Gasteiger partial charge in [-0.25, -0.2) is 4.99 Å². The largest absolute Gasteiger partial charge is 0.454 e. The zero-order chi connectivity index (χ0) is 18.1. The molecule has 0 aromatic carbocycles. The molecule has 8 nitrogen and oxygen atoms in total. The SMILES string of the molecule is CCNC(=NCc1ccc(C(N)=O)o1)N1CCC(COCCOC)C1.I. The van der Waals surface area contributed by atoms with Crippen LogP contribution in [-0.2, 0) is 16.0 Å². The second-order valence-corrected chi connectivity index (χ2v) is 5.97. The number of nitrogens with two attached hydrogens (primary N) is 1. The quantitative estimate of drug-likeness (QED) is 0.240. The number of guanidine groups is 1. The number of aliphatic imine (C=N–C) groups is 1. The molecule has 1 fully saturated rings. The summed E-state index contributed by atoms with van der Waals surface area (Å²) in [5.41, 5.74) is 5.20. The van der Waals surface area contributed by atoms with E-state index in [2.05, 4.69) is 15.2 Å². The van der Waals surface area contributed by atoms with Crippen LogP contribution in [0.15, 0.2) is 21.5 Å². The van der Waals surface area contributed by atoms with Gasteiger partial charge in [-0.05, 0) is 25.5 Å². The maximum absolute atomic E-state index is 11.1. The summed E-state index contributed by atoms with van der Waals surface area (Å²) in [6, 6.07) is 3.30. The first-order chi connectivity index (χ1) is 12.1. The van der Waals surface area contributed by atoms with Gasteiger partial charge in [0.25, 0.3) is 5.91 Å². The van der Waals surface area contributed by atoms with Crippen molar-refractivity contribution in [3.63, 3.8) is 0 Å². The number of carbonyl (C=O) groups is 1. The lowest BCUT2D eigenvalue weighted by Crippen LogP contribution is -2.40. The van der Waals surface area contributed by atoms with Crippen LogP contribution in [0.2, 0.25) is 0 Å². The van der Waals surface area contributed by atoms with Crippen molar-refractivity contribution in [3.8, 4) is 0 Å². The fourth-order valence-corrected chi connectivity index (χ4v) is 2.73. The smallest absolute Gasteiger partial charge is 0.284 e. The summed E-state index contributed by atoms with van der Waals surface area (Å²) in [5, 5.41) is 3.30. The Morgan fingerprint density at radius 1 is 1.46 bits per heavy atom. The second kappa shape index (κ2) is 12.1. The van der Waals surface area contributed by atoms with Crippen molar-refractivity contribution in [3.05, 3.63) is 23.7 Å². The van der Waals surface area contributed by atoms with Gasteiger partial charge in [-0.1, -0.05) is 0 Å². The second-order valence-electron chi connectivity index (χ2n) is 5.97. The van der Waals surface area contributed by atoms with Crippen LogP contribution in [0, 0.1) is 5.92 Å². The minimum absolute atomic E-state index is 0. The Balaban J connectivity index is 0.00000338. The minimum atomic E-state index is -0.571. The molecule has 148 valence electrons. The molecule has 1 saturated heterocycles. The van der Waals surface area contributed by atoms with E-state index in [1.54, 1.807) is 19.2 Å². The summed E-state index contributed by atoms with van der Waals surface area (Å²) in [7, 11) is 1.67. The first-order valence-corrected chi connectivity index (χ1v) is 8.62. The fraction of sp³-hybridized carbons (Fsp3) is 0.647. The highest BCUT2D eigenvalue weighted by molar-refractivity contribution is 14.0. The molecule has 2 heterocycles. The summed E-state index contributed by atoms with van der Waals surface area (Å²) in [5.74, 6) is 1.54. The number of hydrogen-bond acceptors (Lipinski definition) is 5. The molecular formula is C17H29IN4O4. The number of nitrogens with one attached hydrogen (secondary N) is 1. The third kappa shape index (κ3) is 7.12. The Kier molecular flexibility index (Phi) is 10.6. The highest BCUT2D eigenvalue weighted by Crippen LogP contribution is 2.17. The Morgan fingerprint density at radius 3 is 2.92 bits per heavy atom. The maximum atomic E-state index is 11.1. The minimum Gasteiger partial charge on any atom is -0.454 e. The van der Waals surface area contributed by atoms with Gasteiger partial charge in [-0.2, -0.15) is 0 Å². The molecule has 1 aliphatic heterocycles. The third-order valence-corrected chi connectivity index (χ3v) is 3.99. The van der Waals surface area contributed by atoms with Crippen LogP contribution in [0.1, 0.15) is 29.7 Å². The fourth-order valence-electron chi connectivity index (χ4n) is 2.73. The van der Waals surface area contributed by atoms with E-state index >= 15 is 0 Å². The van der Waals surface area contributed by atoms with Gasteiger partial charge in [-0.3, -0.25) is 4.79 Å². The number of furan rings is 1. The van der Waals surface area contributed by atoms with E-state index in [1.165, 1.54) is 0 Å². The average molecular weight is 480 g/mol. The predicted molar refractivity (Wildman–Crippen MR) is 110 cm³/mol. The van der Waals surface area contributed by atoms with Crippen LogP contribution >= 0.6 is 24.0 Å². The van der Waals surface area contributed by atoms with E-state index in [-0.39, 0.29) is 29.7 Å². The molecule has 2 rings (SSSR count). The van der Waals surface area contributed by atoms with Gasteiger partial charge in [0.05, 0.1) is 19.8 Å². The van der Waals surface area contributed by atoms with Gasteiger partial charge >= 0.3 is 0 Å². The number of halogens is 1. The van der Waals surface area contributed by atoms with Crippen LogP contribution in [0.5, 0.6) is 0 Å². The van der Waals surface area contributed by atoms with Crippen molar-refractivity contribution in [1.29, 1.82) is 0 Å². The van der Waals surface area contributed by atoms with Gasteiger partial charge < -0.3 is 29.8 Å². The van der Waals surface area contributed by atoms with E-state index < -0.39 is 5.91 Å². The molecule has 9 heteroatoms. The molecule has 0 radical (unpaired) electrons. The van der Waals surface area contributed by atoms with Crippen molar-refractivity contribution >= 4 is 35.8 Å². The van der Waals surface area contributed by atoms with Gasteiger partial charge in [0.2, 0.25) is 0 Å². The molecule has 26 heavy (non-hydrogen) atoms.